The Morgan fingerprint density at radius 3 is 2.32 bits per heavy atom. The molecule has 0 bridgehead atoms. The van der Waals surface area contributed by atoms with Crippen molar-refractivity contribution in [2.75, 3.05) is 5.73 Å². The molecule has 0 amide bonds. The predicted octanol–water partition coefficient (Wildman–Crippen LogP) is 4.38. The van der Waals surface area contributed by atoms with Crippen LogP contribution in [-0.2, 0) is 9.84 Å². The topological polar surface area (TPSA) is 85.9 Å². The zero-order valence-corrected chi connectivity index (χ0v) is 16.3. The molecule has 0 unspecified atom stereocenters. The van der Waals surface area contributed by atoms with Gasteiger partial charge < -0.3 is 5.73 Å². The van der Waals surface area contributed by atoms with Crippen LogP contribution in [0.25, 0.3) is 23.2 Å². The summed E-state index contributed by atoms with van der Waals surface area (Å²) in [6.07, 6.45) is 2.71. The molecule has 28 heavy (non-hydrogen) atoms. The third-order valence-corrected chi connectivity index (χ3v) is 6.41. The molecule has 0 saturated heterocycles. The smallest absolute Gasteiger partial charge is 0.180 e. The lowest BCUT2D eigenvalue weighted by Crippen LogP contribution is -2.13. The van der Waals surface area contributed by atoms with E-state index < -0.39 is 20.9 Å². The van der Waals surface area contributed by atoms with E-state index >= 15 is 0 Å². The Morgan fingerprint density at radius 2 is 1.71 bits per heavy atom. The molecular formula is C21H20FN3O2S. The maximum Gasteiger partial charge on any atom is 0.180 e. The lowest BCUT2D eigenvalue weighted by atomic mass is 10.1. The molecule has 3 rings (SSSR count). The Labute approximate surface area is 163 Å². The minimum absolute atomic E-state index is 0.105. The first-order chi connectivity index (χ1) is 13.3. The Hall–Kier alpha value is -3.06. The summed E-state index contributed by atoms with van der Waals surface area (Å²) in [4.78, 5) is 8.71. The summed E-state index contributed by atoms with van der Waals surface area (Å²) in [5, 5.41) is -0.507. The van der Waals surface area contributed by atoms with Crippen LogP contribution < -0.4 is 5.73 Å². The fourth-order valence-corrected chi connectivity index (χ4v) is 3.61. The summed E-state index contributed by atoms with van der Waals surface area (Å²) in [5.74, 6) is -0.369. The Balaban J connectivity index is 1.96. The SMILES string of the molecule is CC(C)S(=O)(=O)c1ccc(-c2cnc(N)c(/C=C(/F)c3ccccc3)n2)cc1. The second kappa shape index (κ2) is 7.90. The van der Waals surface area contributed by atoms with Crippen LogP contribution in [0.3, 0.4) is 0 Å². The van der Waals surface area contributed by atoms with Gasteiger partial charge in [0.2, 0.25) is 0 Å². The molecule has 2 N–H and O–H groups in total. The van der Waals surface area contributed by atoms with Crippen molar-refractivity contribution in [1.29, 1.82) is 0 Å². The van der Waals surface area contributed by atoms with Crippen LogP contribution in [-0.4, -0.2) is 23.6 Å². The van der Waals surface area contributed by atoms with E-state index in [-0.39, 0.29) is 16.4 Å². The van der Waals surface area contributed by atoms with Crippen LogP contribution in [0, 0.1) is 0 Å². The molecule has 144 valence electrons. The van der Waals surface area contributed by atoms with Crippen molar-refractivity contribution >= 4 is 27.6 Å². The summed E-state index contributed by atoms with van der Waals surface area (Å²) in [5.41, 5.74) is 7.59. The summed E-state index contributed by atoms with van der Waals surface area (Å²) >= 11 is 0. The first-order valence-electron chi connectivity index (χ1n) is 8.68. The molecule has 0 atom stereocenters. The normalized spacial score (nSPS) is 12.4. The number of hydrogen-bond acceptors (Lipinski definition) is 5. The van der Waals surface area contributed by atoms with E-state index in [0.717, 1.165) is 0 Å². The molecule has 1 aromatic heterocycles. The average molecular weight is 397 g/mol. The molecular weight excluding hydrogens is 377 g/mol. The zero-order valence-electron chi connectivity index (χ0n) is 15.5. The van der Waals surface area contributed by atoms with Gasteiger partial charge >= 0.3 is 0 Å². The molecule has 5 nitrogen and oxygen atoms in total. The van der Waals surface area contributed by atoms with Gasteiger partial charge in [0.1, 0.15) is 17.3 Å². The minimum atomic E-state index is -3.35. The number of rotatable bonds is 5. The van der Waals surface area contributed by atoms with Crippen molar-refractivity contribution in [3.8, 4) is 11.3 Å². The molecule has 0 aliphatic heterocycles. The van der Waals surface area contributed by atoms with E-state index in [4.69, 9.17) is 5.73 Å². The highest BCUT2D eigenvalue weighted by Gasteiger charge is 2.19. The number of hydrogen-bond donors (Lipinski definition) is 1. The van der Waals surface area contributed by atoms with Gasteiger partial charge in [-0.15, -0.1) is 0 Å². The summed E-state index contributed by atoms with van der Waals surface area (Å²) in [7, 11) is -3.35. The standard InChI is InChI=1S/C21H20FN3O2S/c1-14(2)28(26,27)17-10-8-16(9-11-17)20-13-24-21(23)19(25-20)12-18(22)15-6-4-3-5-7-15/h3-14H,1-2H3,(H2,23,24)/b18-12+. The van der Waals surface area contributed by atoms with Crippen molar-refractivity contribution in [3.63, 3.8) is 0 Å². The third kappa shape index (κ3) is 4.09. The first kappa shape index (κ1) is 19.7. The van der Waals surface area contributed by atoms with Crippen LogP contribution >= 0.6 is 0 Å². The van der Waals surface area contributed by atoms with Crippen molar-refractivity contribution in [1.82, 2.24) is 9.97 Å². The average Bonchev–Trinajstić information content (AvgIpc) is 2.70. The van der Waals surface area contributed by atoms with Crippen LogP contribution in [0.2, 0.25) is 0 Å². The van der Waals surface area contributed by atoms with E-state index in [2.05, 4.69) is 9.97 Å². The largest absolute Gasteiger partial charge is 0.382 e. The Kier molecular flexibility index (Phi) is 5.56. The van der Waals surface area contributed by atoms with Crippen molar-refractivity contribution in [3.05, 3.63) is 72.1 Å². The van der Waals surface area contributed by atoms with Crippen LogP contribution in [0.5, 0.6) is 0 Å². The van der Waals surface area contributed by atoms with Crippen molar-refractivity contribution in [2.45, 2.75) is 24.0 Å². The first-order valence-corrected chi connectivity index (χ1v) is 10.2. The molecule has 0 fully saturated rings. The van der Waals surface area contributed by atoms with Gasteiger partial charge in [0.15, 0.2) is 9.84 Å². The second-order valence-corrected chi connectivity index (χ2v) is 9.01. The molecule has 0 aliphatic carbocycles. The van der Waals surface area contributed by atoms with Gasteiger partial charge in [-0.25, -0.2) is 22.8 Å². The van der Waals surface area contributed by atoms with Gasteiger partial charge in [-0.2, -0.15) is 0 Å². The third-order valence-electron chi connectivity index (χ3n) is 4.24. The highest BCUT2D eigenvalue weighted by molar-refractivity contribution is 7.92. The van der Waals surface area contributed by atoms with E-state index in [1.54, 1.807) is 56.3 Å². The molecule has 0 radical (unpaired) electrons. The Morgan fingerprint density at radius 1 is 1.07 bits per heavy atom. The van der Waals surface area contributed by atoms with Crippen LogP contribution in [0.1, 0.15) is 25.1 Å². The minimum Gasteiger partial charge on any atom is -0.382 e. The second-order valence-electron chi connectivity index (χ2n) is 6.50. The number of nitrogen functional groups attached to an aromatic ring is 1. The molecule has 0 aliphatic rings. The van der Waals surface area contributed by atoms with Crippen LogP contribution in [0.15, 0.2) is 65.7 Å². The molecule has 0 saturated carbocycles. The maximum atomic E-state index is 14.5. The monoisotopic (exact) mass is 397 g/mol. The van der Waals surface area contributed by atoms with Gasteiger partial charge in [0.25, 0.3) is 0 Å². The molecule has 0 spiro atoms. The van der Waals surface area contributed by atoms with E-state index in [1.807, 2.05) is 0 Å². The van der Waals surface area contributed by atoms with Crippen LogP contribution in [0.4, 0.5) is 10.2 Å². The number of nitrogens with two attached hydrogens (primary N) is 1. The predicted molar refractivity (Wildman–Crippen MR) is 110 cm³/mol. The number of nitrogens with zero attached hydrogens (tertiary/aromatic N) is 2. The highest BCUT2D eigenvalue weighted by Crippen LogP contribution is 2.25. The van der Waals surface area contributed by atoms with Crippen molar-refractivity contribution < 1.29 is 12.8 Å². The van der Waals surface area contributed by atoms with E-state index in [1.165, 1.54) is 24.4 Å². The number of benzene rings is 2. The van der Waals surface area contributed by atoms with Gasteiger partial charge in [-0.3, -0.25) is 0 Å². The van der Waals surface area contributed by atoms with Gasteiger partial charge in [0, 0.05) is 17.2 Å². The van der Waals surface area contributed by atoms with Gasteiger partial charge in [-0.05, 0) is 26.0 Å². The maximum absolute atomic E-state index is 14.5. The Bertz CT molecular complexity index is 1110. The zero-order chi connectivity index (χ0) is 20.3. The lowest BCUT2D eigenvalue weighted by molar-refractivity contribution is 0.587. The summed E-state index contributed by atoms with van der Waals surface area (Å²) in [6, 6.07) is 14.9. The van der Waals surface area contributed by atoms with Crippen molar-refractivity contribution in [2.24, 2.45) is 0 Å². The molecule has 7 heteroatoms. The highest BCUT2D eigenvalue weighted by atomic mass is 32.2. The fourth-order valence-electron chi connectivity index (χ4n) is 2.55. The van der Waals surface area contributed by atoms with Gasteiger partial charge in [-0.1, -0.05) is 42.5 Å². The number of anilines is 1. The van der Waals surface area contributed by atoms with E-state index in [0.29, 0.717) is 16.8 Å². The van der Waals surface area contributed by atoms with Gasteiger partial charge in [0.05, 0.1) is 22.0 Å². The number of aromatic nitrogens is 2. The molecule has 1 heterocycles. The quantitative estimate of drug-likeness (QED) is 0.691. The van der Waals surface area contributed by atoms with E-state index in [9.17, 15) is 12.8 Å². The number of sulfone groups is 1. The fraction of sp³-hybridized carbons (Fsp3) is 0.143. The number of halogens is 1. The summed E-state index contributed by atoms with van der Waals surface area (Å²) in [6.45, 7) is 3.27. The summed E-state index contributed by atoms with van der Waals surface area (Å²) < 4.78 is 38.9. The molecule has 3 aromatic rings. The lowest BCUT2D eigenvalue weighted by Gasteiger charge is -2.09. The molecule has 2 aromatic carbocycles.